The first kappa shape index (κ1) is 13.5. The minimum absolute atomic E-state index is 0.00875. The molecular weight excluding hydrogens is 240 g/mol. The number of aromatic amines is 1. The lowest BCUT2D eigenvalue weighted by atomic mass is 10.1. The summed E-state index contributed by atoms with van der Waals surface area (Å²) in [6.07, 6.45) is 0. The minimum Gasteiger partial charge on any atom is -0.342 e. The number of aryl methyl sites for hydroxylation is 1. The SMILES string of the molecule is Cc1nc2ccc(C(=O)N(C)CC(C)CN)cc2[nH]1. The van der Waals surface area contributed by atoms with Crippen molar-refractivity contribution in [1.82, 2.24) is 14.9 Å². The van der Waals surface area contributed by atoms with Gasteiger partial charge in [-0.05, 0) is 37.6 Å². The van der Waals surface area contributed by atoms with Crippen molar-refractivity contribution in [2.45, 2.75) is 13.8 Å². The van der Waals surface area contributed by atoms with E-state index in [2.05, 4.69) is 9.97 Å². The van der Waals surface area contributed by atoms with E-state index in [1.807, 2.05) is 32.0 Å². The number of hydrogen-bond acceptors (Lipinski definition) is 3. The molecule has 2 rings (SSSR count). The van der Waals surface area contributed by atoms with Gasteiger partial charge in [-0.3, -0.25) is 4.79 Å². The number of fused-ring (bicyclic) bond motifs is 1. The Morgan fingerprint density at radius 1 is 1.53 bits per heavy atom. The van der Waals surface area contributed by atoms with Crippen molar-refractivity contribution < 1.29 is 4.79 Å². The predicted molar refractivity (Wildman–Crippen MR) is 76.0 cm³/mol. The van der Waals surface area contributed by atoms with Crippen LogP contribution in [0.25, 0.3) is 11.0 Å². The van der Waals surface area contributed by atoms with Gasteiger partial charge in [-0.2, -0.15) is 0 Å². The number of nitrogens with one attached hydrogen (secondary N) is 1. The Kier molecular flexibility index (Phi) is 3.85. The molecule has 0 aliphatic carbocycles. The summed E-state index contributed by atoms with van der Waals surface area (Å²) in [7, 11) is 1.80. The molecule has 102 valence electrons. The first-order chi connectivity index (χ1) is 9.01. The molecule has 1 heterocycles. The van der Waals surface area contributed by atoms with Gasteiger partial charge in [0.05, 0.1) is 11.0 Å². The molecule has 1 aromatic carbocycles. The van der Waals surface area contributed by atoms with Crippen LogP contribution >= 0.6 is 0 Å². The number of H-pyrrole nitrogens is 1. The van der Waals surface area contributed by atoms with Crippen molar-refractivity contribution in [3.8, 4) is 0 Å². The molecule has 5 nitrogen and oxygen atoms in total. The van der Waals surface area contributed by atoms with E-state index >= 15 is 0 Å². The number of imidazole rings is 1. The molecule has 0 saturated heterocycles. The molecule has 0 fully saturated rings. The van der Waals surface area contributed by atoms with Crippen LogP contribution in [0.4, 0.5) is 0 Å². The third-order valence-electron chi connectivity index (χ3n) is 3.18. The highest BCUT2D eigenvalue weighted by atomic mass is 16.2. The summed E-state index contributed by atoms with van der Waals surface area (Å²) in [5, 5.41) is 0. The molecule has 5 heteroatoms. The van der Waals surface area contributed by atoms with Crippen LogP contribution in [0, 0.1) is 12.8 Å². The van der Waals surface area contributed by atoms with Crippen LogP contribution in [-0.2, 0) is 0 Å². The highest BCUT2D eigenvalue weighted by Gasteiger charge is 2.14. The molecule has 0 radical (unpaired) electrons. The fourth-order valence-electron chi connectivity index (χ4n) is 2.12. The standard InChI is InChI=1S/C14H20N4O/c1-9(7-15)8-18(3)14(19)11-4-5-12-13(6-11)17-10(2)16-12/h4-6,9H,7-8,15H2,1-3H3,(H,16,17). The zero-order valence-corrected chi connectivity index (χ0v) is 11.6. The summed E-state index contributed by atoms with van der Waals surface area (Å²) in [6, 6.07) is 5.53. The van der Waals surface area contributed by atoms with E-state index < -0.39 is 0 Å². The fraction of sp³-hybridized carbons (Fsp3) is 0.429. The van der Waals surface area contributed by atoms with Gasteiger partial charge in [-0.1, -0.05) is 6.92 Å². The zero-order chi connectivity index (χ0) is 14.0. The number of aromatic nitrogens is 2. The number of nitrogens with two attached hydrogens (primary N) is 1. The van der Waals surface area contributed by atoms with Crippen LogP contribution in [0.2, 0.25) is 0 Å². The van der Waals surface area contributed by atoms with Gasteiger partial charge in [0, 0.05) is 19.2 Å². The fourth-order valence-corrected chi connectivity index (χ4v) is 2.12. The number of hydrogen-bond donors (Lipinski definition) is 2. The quantitative estimate of drug-likeness (QED) is 0.875. The maximum atomic E-state index is 12.3. The number of carbonyl (C=O) groups is 1. The topological polar surface area (TPSA) is 75.0 Å². The van der Waals surface area contributed by atoms with E-state index in [0.717, 1.165) is 16.9 Å². The first-order valence-corrected chi connectivity index (χ1v) is 6.43. The van der Waals surface area contributed by atoms with Crippen LogP contribution in [0.1, 0.15) is 23.1 Å². The van der Waals surface area contributed by atoms with Gasteiger partial charge >= 0.3 is 0 Å². The number of amides is 1. The van der Waals surface area contributed by atoms with E-state index in [9.17, 15) is 4.79 Å². The van der Waals surface area contributed by atoms with Crippen molar-refractivity contribution in [3.05, 3.63) is 29.6 Å². The van der Waals surface area contributed by atoms with Gasteiger partial charge in [0.15, 0.2) is 0 Å². The van der Waals surface area contributed by atoms with Crippen molar-refractivity contribution >= 4 is 16.9 Å². The van der Waals surface area contributed by atoms with Crippen molar-refractivity contribution in [2.24, 2.45) is 11.7 Å². The second-order valence-electron chi connectivity index (χ2n) is 5.08. The van der Waals surface area contributed by atoms with Gasteiger partial charge < -0.3 is 15.6 Å². The van der Waals surface area contributed by atoms with Gasteiger partial charge in [-0.15, -0.1) is 0 Å². The molecule has 1 amide bonds. The molecule has 1 atom stereocenters. The average molecular weight is 260 g/mol. The van der Waals surface area contributed by atoms with Crippen LogP contribution in [0.15, 0.2) is 18.2 Å². The summed E-state index contributed by atoms with van der Waals surface area (Å²) in [5.41, 5.74) is 8.03. The Morgan fingerprint density at radius 3 is 2.95 bits per heavy atom. The molecule has 0 bridgehead atoms. The highest BCUT2D eigenvalue weighted by molar-refractivity contribution is 5.97. The smallest absolute Gasteiger partial charge is 0.253 e. The average Bonchev–Trinajstić information content (AvgIpc) is 2.76. The molecule has 3 N–H and O–H groups in total. The molecule has 19 heavy (non-hydrogen) atoms. The Labute approximate surface area is 112 Å². The number of benzene rings is 1. The van der Waals surface area contributed by atoms with Crippen LogP contribution < -0.4 is 5.73 Å². The molecule has 0 aliphatic heterocycles. The summed E-state index contributed by atoms with van der Waals surface area (Å²) >= 11 is 0. The van der Waals surface area contributed by atoms with Gasteiger partial charge in [0.1, 0.15) is 5.82 Å². The van der Waals surface area contributed by atoms with E-state index in [-0.39, 0.29) is 5.91 Å². The van der Waals surface area contributed by atoms with E-state index in [0.29, 0.717) is 24.6 Å². The van der Waals surface area contributed by atoms with Crippen molar-refractivity contribution in [3.63, 3.8) is 0 Å². The monoisotopic (exact) mass is 260 g/mol. The van der Waals surface area contributed by atoms with Crippen molar-refractivity contribution in [1.29, 1.82) is 0 Å². The maximum Gasteiger partial charge on any atom is 0.253 e. The molecule has 0 spiro atoms. The lowest BCUT2D eigenvalue weighted by molar-refractivity contribution is 0.0777. The second-order valence-corrected chi connectivity index (χ2v) is 5.08. The largest absolute Gasteiger partial charge is 0.342 e. The summed E-state index contributed by atoms with van der Waals surface area (Å²) < 4.78 is 0. The summed E-state index contributed by atoms with van der Waals surface area (Å²) in [6.45, 7) is 5.17. The molecule has 2 aromatic rings. The van der Waals surface area contributed by atoms with E-state index in [1.54, 1.807) is 11.9 Å². The predicted octanol–water partition coefficient (Wildman–Crippen LogP) is 1.54. The molecule has 1 unspecified atom stereocenters. The Balaban J connectivity index is 2.20. The second kappa shape index (κ2) is 5.40. The summed E-state index contributed by atoms with van der Waals surface area (Å²) in [5.74, 6) is 1.16. The van der Waals surface area contributed by atoms with E-state index in [4.69, 9.17) is 5.73 Å². The van der Waals surface area contributed by atoms with Gasteiger partial charge in [-0.25, -0.2) is 4.98 Å². The third kappa shape index (κ3) is 2.93. The van der Waals surface area contributed by atoms with E-state index in [1.165, 1.54) is 0 Å². The van der Waals surface area contributed by atoms with Crippen LogP contribution in [-0.4, -0.2) is 40.9 Å². The zero-order valence-electron chi connectivity index (χ0n) is 11.6. The lowest BCUT2D eigenvalue weighted by Gasteiger charge is -2.20. The molecule has 1 aromatic heterocycles. The Morgan fingerprint density at radius 2 is 2.26 bits per heavy atom. The number of rotatable bonds is 4. The normalized spacial score (nSPS) is 12.6. The van der Waals surface area contributed by atoms with Crippen LogP contribution in [0.5, 0.6) is 0 Å². The summed E-state index contributed by atoms with van der Waals surface area (Å²) in [4.78, 5) is 21.5. The highest BCUT2D eigenvalue weighted by Crippen LogP contribution is 2.15. The Hall–Kier alpha value is -1.88. The number of carbonyl (C=O) groups excluding carboxylic acids is 1. The minimum atomic E-state index is 0.00875. The van der Waals surface area contributed by atoms with Gasteiger partial charge in [0.25, 0.3) is 5.91 Å². The Bertz CT molecular complexity index is 590. The third-order valence-corrected chi connectivity index (χ3v) is 3.18. The van der Waals surface area contributed by atoms with Crippen LogP contribution in [0.3, 0.4) is 0 Å². The van der Waals surface area contributed by atoms with Gasteiger partial charge in [0.2, 0.25) is 0 Å². The van der Waals surface area contributed by atoms with Crippen molar-refractivity contribution in [2.75, 3.05) is 20.1 Å². The number of nitrogens with zero attached hydrogens (tertiary/aromatic N) is 2. The molecule has 0 saturated carbocycles. The lowest BCUT2D eigenvalue weighted by Crippen LogP contribution is -2.33. The molecule has 0 aliphatic rings. The maximum absolute atomic E-state index is 12.3. The first-order valence-electron chi connectivity index (χ1n) is 6.43. The molecular formula is C14H20N4O.